The van der Waals surface area contributed by atoms with Crippen molar-refractivity contribution in [1.29, 1.82) is 0 Å². The molecule has 1 heterocycles. The second kappa shape index (κ2) is 10.9. The van der Waals surface area contributed by atoms with E-state index in [9.17, 15) is 19.2 Å². The summed E-state index contributed by atoms with van der Waals surface area (Å²) in [5.74, 6) is -2.46. The molecule has 1 aliphatic rings. The Labute approximate surface area is 160 Å². The maximum absolute atomic E-state index is 12.7. The average molecular weight is 384 g/mol. The molecule has 154 valence electrons. The molecule has 9 heteroatoms. The SMILES string of the molecule is CC(C)CC(NC(=O)C1CCCN1)C(=O)NC(C(=O)NCC(=O)O)C(C)C. The van der Waals surface area contributed by atoms with E-state index >= 15 is 0 Å². The topological polar surface area (TPSA) is 137 Å². The molecule has 0 saturated carbocycles. The van der Waals surface area contributed by atoms with E-state index in [2.05, 4.69) is 21.3 Å². The number of carboxylic acids is 1. The smallest absolute Gasteiger partial charge is 0.322 e. The molecule has 3 atom stereocenters. The molecule has 0 aliphatic carbocycles. The monoisotopic (exact) mass is 384 g/mol. The molecule has 0 radical (unpaired) electrons. The van der Waals surface area contributed by atoms with E-state index in [0.717, 1.165) is 19.4 Å². The summed E-state index contributed by atoms with van der Waals surface area (Å²) in [5, 5.41) is 19.5. The average Bonchev–Trinajstić information content (AvgIpc) is 3.10. The van der Waals surface area contributed by atoms with Gasteiger partial charge in [-0.15, -0.1) is 0 Å². The van der Waals surface area contributed by atoms with Crippen molar-refractivity contribution in [2.24, 2.45) is 11.8 Å². The molecule has 1 rings (SSSR count). The minimum Gasteiger partial charge on any atom is -0.480 e. The standard InChI is InChI=1S/C18H32N4O5/c1-10(2)8-13(21-16(25)12-6-5-7-19-12)17(26)22-15(11(3)4)18(27)20-9-14(23)24/h10-13,15,19H,5-9H2,1-4H3,(H,20,27)(H,21,25)(H,22,26)(H,23,24). The summed E-state index contributed by atoms with van der Waals surface area (Å²) in [4.78, 5) is 48.0. The van der Waals surface area contributed by atoms with Crippen molar-refractivity contribution in [3.63, 3.8) is 0 Å². The lowest BCUT2D eigenvalue weighted by Crippen LogP contribution is -2.57. The molecule has 0 aromatic heterocycles. The number of carbonyl (C=O) groups is 4. The maximum atomic E-state index is 12.7. The highest BCUT2D eigenvalue weighted by atomic mass is 16.4. The lowest BCUT2D eigenvalue weighted by Gasteiger charge is -2.26. The summed E-state index contributed by atoms with van der Waals surface area (Å²) in [7, 11) is 0. The van der Waals surface area contributed by atoms with Gasteiger partial charge in [0.15, 0.2) is 0 Å². The highest BCUT2D eigenvalue weighted by Crippen LogP contribution is 2.10. The van der Waals surface area contributed by atoms with Gasteiger partial charge in [-0.25, -0.2) is 0 Å². The van der Waals surface area contributed by atoms with Gasteiger partial charge in [-0.3, -0.25) is 19.2 Å². The van der Waals surface area contributed by atoms with Crippen LogP contribution in [0.4, 0.5) is 0 Å². The molecule has 1 aliphatic heterocycles. The van der Waals surface area contributed by atoms with Crippen molar-refractivity contribution < 1.29 is 24.3 Å². The first-order valence-electron chi connectivity index (χ1n) is 9.45. The first-order chi connectivity index (χ1) is 12.6. The first kappa shape index (κ1) is 22.9. The number of hydrogen-bond acceptors (Lipinski definition) is 5. The number of carbonyl (C=O) groups excluding carboxylic acids is 3. The van der Waals surface area contributed by atoms with E-state index in [1.165, 1.54) is 0 Å². The van der Waals surface area contributed by atoms with Crippen LogP contribution in [-0.2, 0) is 19.2 Å². The van der Waals surface area contributed by atoms with Gasteiger partial charge in [0.25, 0.3) is 0 Å². The van der Waals surface area contributed by atoms with Crippen molar-refractivity contribution >= 4 is 23.7 Å². The van der Waals surface area contributed by atoms with Crippen LogP contribution in [0.5, 0.6) is 0 Å². The van der Waals surface area contributed by atoms with Crippen LogP contribution in [0.1, 0.15) is 47.0 Å². The normalized spacial score (nSPS) is 18.8. The predicted molar refractivity (Wildman–Crippen MR) is 99.8 cm³/mol. The summed E-state index contributed by atoms with van der Waals surface area (Å²) >= 11 is 0. The third-order valence-electron chi connectivity index (χ3n) is 4.38. The van der Waals surface area contributed by atoms with E-state index in [-0.39, 0.29) is 23.8 Å². The number of nitrogens with one attached hydrogen (secondary N) is 4. The Morgan fingerprint density at radius 1 is 1.07 bits per heavy atom. The molecule has 5 N–H and O–H groups in total. The van der Waals surface area contributed by atoms with Crippen LogP contribution >= 0.6 is 0 Å². The van der Waals surface area contributed by atoms with Crippen LogP contribution in [0, 0.1) is 11.8 Å². The largest absolute Gasteiger partial charge is 0.480 e. The second-order valence-electron chi connectivity index (χ2n) is 7.68. The zero-order valence-electron chi connectivity index (χ0n) is 16.5. The fourth-order valence-electron chi connectivity index (χ4n) is 2.95. The zero-order valence-corrected chi connectivity index (χ0v) is 16.5. The third kappa shape index (κ3) is 7.94. The van der Waals surface area contributed by atoms with Gasteiger partial charge in [0.05, 0.1) is 6.04 Å². The van der Waals surface area contributed by atoms with Gasteiger partial charge in [-0.05, 0) is 37.6 Å². The van der Waals surface area contributed by atoms with E-state index in [4.69, 9.17) is 5.11 Å². The van der Waals surface area contributed by atoms with Crippen LogP contribution < -0.4 is 21.3 Å². The molecule has 27 heavy (non-hydrogen) atoms. The van der Waals surface area contributed by atoms with E-state index in [1.54, 1.807) is 13.8 Å². The highest BCUT2D eigenvalue weighted by molar-refractivity contribution is 5.93. The number of carboxylic acid groups (broad SMARTS) is 1. The van der Waals surface area contributed by atoms with E-state index < -0.39 is 36.4 Å². The summed E-state index contributed by atoms with van der Waals surface area (Å²) < 4.78 is 0. The Bertz CT molecular complexity index is 544. The van der Waals surface area contributed by atoms with Gasteiger partial charge < -0.3 is 26.4 Å². The Kier molecular flexibility index (Phi) is 9.20. The maximum Gasteiger partial charge on any atom is 0.322 e. The van der Waals surface area contributed by atoms with Gasteiger partial charge in [0.1, 0.15) is 18.6 Å². The molecule has 1 saturated heterocycles. The molecule has 0 spiro atoms. The lowest BCUT2D eigenvalue weighted by atomic mass is 9.99. The molecule has 9 nitrogen and oxygen atoms in total. The van der Waals surface area contributed by atoms with Gasteiger partial charge in [-0.1, -0.05) is 27.7 Å². The minimum atomic E-state index is -1.16. The first-order valence-corrected chi connectivity index (χ1v) is 9.45. The van der Waals surface area contributed by atoms with Gasteiger partial charge in [0, 0.05) is 0 Å². The fourth-order valence-corrected chi connectivity index (χ4v) is 2.95. The highest BCUT2D eigenvalue weighted by Gasteiger charge is 2.31. The van der Waals surface area contributed by atoms with Gasteiger partial charge in [-0.2, -0.15) is 0 Å². The Morgan fingerprint density at radius 2 is 1.74 bits per heavy atom. The van der Waals surface area contributed by atoms with Crippen molar-refractivity contribution in [2.75, 3.05) is 13.1 Å². The quantitative estimate of drug-likeness (QED) is 0.348. The number of hydrogen-bond donors (Lipinski definition) is 5. The van der Waals surface area contributed by atoms with Crippen LogP contribution in [0.3, 0.4) is 0 Å². The van der Waals surface area contributed by atoms with E-state index in [0.29, 0.717) is 6.42 Å². The lowest BCUT2D eigenvalue weighted by molar-refractivity contribution is -0.139. The van der Waals surface area contributed by atoms with Crippen molar-refractivity contribution in [1.82, 2.24) is 21.3 Å². The number of amides is 3. The molecule has 0 aromatic carbocycles. The number of rotatable bonds is 10. The van der Waals surface area contributed by atoms with Crippen LogP contribution in [0.25, 0.3) is 0 Å². The summed E-state index contributed by atoms with van der Waals surface area (Å²) in [6.07, 6.45) is 2.08. The summed E-state index contributed by atoms with van der Waals surface area (Å²) in [5.41, 5.74) is 0. The fraction of sp³-hybridized carbons (Fsp3) is 0.778. The molecular weight excluding hydrogens is 352 g/mol. The Balaban J connectivity index is 2.77. The Morgan fingerprint density at radius 3 is 2.22 bits per heavy atom. The van der Waals surface area contributed by atoms with Crippen molar-refractivity contribution in [3.05, 3.63) is 0 Å². The molecule has 1 fully saturated rings. The van der Waals surface area contributed by atoms with Crippen molar-refractivity contribution in [2.45, 2.75) is 65.1 Å². The number of aliphatic carboxylic acids is 1. The van der Waals surface area contributed by atoms with E-state index in [1.807, 2.05) is 13.8 Å². The zero-order chi connectivity index (χ0) is 20.6. The predicted octanol–water partition coefficient (Wildman–Crippen LogP) is -0.389. The van der Waals surface area contributed by atoms with Crippen LogP contribution in [0.2, 0.25) is 0 Å². The van der Waals surface area contributed by atoms with Crippen LogP contribution in [0.15, 0.2) is 0 Å². The molecule has 0 aromatic rings. The molecule has 3 amide bonds. The minimum absolute atomic E-state index is 0.163. The summed E-state index contributed by atoms with van der Waals surface area (Å²) in [6, 6.07) is -1.94. The summed E-state index contributed by atoms with van der Waals surface area (Å²) in [6.45, 7) is 7.66. The molecular formula is C18H32N4O5. The van der Waals surface area contributed by atoms with Crippen molar-refractivity contribution in [3.8, 4) is 0 Å². The van der Waals surface area contributed by atoms with Gasteiger partial charge >= 0.3 is 5.97 Å². The molecule has 3 unspecified atom stereocenters. The Hall–Kier alpha value is -2.16. The van der Waals surface area contributed by atoms with Gasteiger partial charge in [0.2, 0.25) is 17.7 Å². The second-order valence-corrected chi connectivity index (χ2v) is 7.68. The molecule has 0 bridgehead atoms. The van der Waals surface area contributed by atoms with Crippen LogP contribution in [-0.4, -0.2) is 60.0 Å². The third-order valence-corrected chi connectivity index (χ3v) is 4.38.